The molecule has 0 saturated carbocycles. The lowest BCUT2D eigenvalue weighted by Crippen LogP contribution is -2.13. The molecule has 0 atom stereocenters. The molecule has 0 aromatic heterocycles. The molecule has 0 fully saturated rings. The standard InChI is InChI=1S/C18H20BrNO2S/c1-4-13-5-8-17(12(2)9-13)22-11-14-6-7-15(19)10-16(14)20-18(23)21-3/h5-10H,4,11H2,1-3H3,(H,20,23). The number of hydrogen-bond acceptors (Lipinski definition) is 3. The molecule has 0 heterocycles. The molecule has 122 valence electrons. The lowest BCUT2D eigenvalue weighted by molar-refractivity contribution is 0.304. The Morgan fingerprint density at radius 2 is 2.00 bits per heavy atom. The number of rotatable bonds is 5. The Labute approximate surface area is 151 Å². The maximum Gasteiger partial charge on any atom is 0.260 e. The van der Waals surface area contributed by atoms with E-state index in [0.29, 0.717) is 11.8 Å². The van der Waals surface area contributed by atoms with Crippen molar-refractivity contribution in [1.82, 2.24) is 0 Å². The molecule has 2 aromatic carbocycles. The van der Waals surface area contributed by atoms with Crippen LogP contribution in [0.3, 0.4) is 0 Å². The van der Waals surface area contributed by atoms with Gasteiger partial charge in [-0.2, -0.15) is 0 Å². The van der Waals surface area contributed by atoms with Crippen molar-refractivity contribution >= 4 is 39.0 Å². The van der Waals surface area contributed by atoms with Gasteiger partial charge in [0, 0.05) is 15.7 Å². The molecule has 0 aliphatic rings. The molecular formula is C18H20BrNO2S. The van der Waals surface area contributed by atoms with Crippen LogP contribution in [0.25, 0.3) is 0 Å². The molecule has 0 radical (unpaired) electrons. The van der Waals surface area contributed by atoms with Gasteiger partial charge in [0.15, 0.2) is 0 Å². The molecule has 0 aliphatic heterocycles. The Bertz CT molecular complexity index is 703. The first-order chi connectivity index (χ1) is 11.0. The third-order valence-corrected chi connectivity index (χ3v) is 4.29. The zero-order valence-corrected chi connectivity index (χ0v) is 15.9. The fourth-order valence-corrected chi connectivity index (χ4v) is 2.67. The number of aryl methyl sites for hydroxylation is 2. The number of thiocarbonyl (C=S) groups is 1. The van der Waals surface area contributed by atoms with Gasteiger partial charge >= 0.3 is 0 Å². The van der Waals surface area contributed by atoms with Crippen LogP contribution in [0.4, 0.5) is 5.69 Å². The third kappa shape index (κ3) is 4.94. The molecule has 23 heavy (non-hydrogen) atoms. The first-order valence-corrected chi connectivity index (χ1v) is 8.59. The van der Waals surface area contributed by atoms with Crippen molar-refractivity contribution in [2.24, 2.45) is 0 Å². The highest BCUT2D eigenvalue weighted by Gasteiger charge is 2.08. The van der Waals surface area contributed by atoms with Crippen molar-refractivity contribution < 1.29 is 9.47 Å². The number of halogens is 1. The van der Waals surface area contributed by atoms with Crippen LogP contribution in [0.5, 0.6) is 5.75 Å². The summed E-state index contributed by atoms with van der Waals surface area (Å²) in [4.78, 5) is 0. The SMILES string of the molecule is CCc1ccc(OCc2ccc(Br)cc2NC(=S)OC)c(C)c1. The molecule has 3 nitrogen and oxygen atoms in total. The maximum absolute atomic E-state index is 5.98. The van der Waals surface area contributed by atoms with Crippen molar-refractivity contribution in [1.29, 1.82) is 0 Å². The Morgan fingerprint density at radius 1 is 1.22 bits per heavy atom. The average molecular weight is 394 g/mol. The monoisotopic (exact) mass is 393 g/mol. The van der Waals surface area contributed by atoms with E-state index in [9.17, 15) is 0 Å². The molecule has 0 amide bonds. The minimum Gasteiger partial charge on any atom is -0.489 e. The van der Waals surface area contributed by atoms with Gasteiger partial charge in [-0.25, -0.2) is 0 Å². The van der Waals surface area contributed by atoms with E-state index in [2.05, 4.69) is 47.2 Å². The lowest BCUT2D eigenvalue weighted by Gasteiger charge is -2.15. The fraction of sp³-hybridized carbons (Fsp3) is 0.278. The van der Waals surface area contributed by atoms with E-state index in [1.165, 1.54) is 5.56 Å². The molecule has 2 rings (SSSR count). The molecule has 1 N–H and O–H groups in total. The molecule has 0 aliphatic carbocycles. The molecular weight excluding hydrogens is 374 g/mol. The minimum absolute atomic E-state index is 0.327. The molecule has 0 bridgehead atoms. The Kier molecular flexibility index (Phi) is 6.42. The average Bonchev–Trinajstić information content (AvgIpc) is 2.54. The van der Waals surface area contributed by atoms with E-state index in [4.69, 9.17) is 21.7 Å². The Balaban J connectivity index is 2.15. The van der Waals surface area contributed by atoms with E-state index in [0.717, 1.165) is 33.5 Å². The van der Waals surface area contributed by atoms with Crippen LogP contribution in [0.2, 0.25) is 0 Å². The number of nitrogens with one attached hydrogen (secondary N) is 1. The van der Waals surface area contributed by atoms with Crippen LogP contribution in [0.15, 0.2) is 40.9 Å². The molecule has 0 saturated heterocycles. The highest BCUT2D eigenvalue weighted by molar-refractivity contribution is 9.10. The van der Waals surface area contributed by atoms with Crippen LogP contribution < -0.4 is 10.1 Å². The number of ether oxygens (including phenoxy) is 2. The Hall–Kier alpha value is -1.59. The molecule has 2 aromatic rings. The van der Waals surface area contributed by atoms with Crippen molar-refractivity contribution in [2.45, 2.75) is 26.9 Å². The first kappa shape index (κ1) is 17.8. The van der Waals surface area contributed by atoms with E-state index < -0.39 is 0 Å². The van der Waals surface area contributed by atoms with Gasteiger partial charge in [-0.3, -0.25) is 0 Å². The van der Waals surface area contributed by atoms with Crippen LogP contribution in [0.1, 0.15) is 23.6 Å². The van der Waals surface area contributed by atoms with E-state index in [1.807, 2.05) is 24.3 Å². The van der Waals surface area contributed by atoms with Crippen molar-refractivity contribution in [2.75, 3.05) is 12.4 Å². The van der Waals surface area contributed by atoms with Gasteiger partial charge in [-0.15, -0.1) is 0 Å². The van der Waals surface area contributed by atoms with E-state index in [1.54, 1.807) is 7.11 Å². The quantitative estimate of drug-likeness (QED) is 0.703. The summed E-state index contributed by atoms with van der Waals surface area (Å²) >= 11 is 8.54. The number of benzene rings is 2. The summed E-state index contributed by atoms with van der Waals surface area (Å²) in [5, 5.41) is 3.40. The Morgan fingerprint density at radius 3 is 2.65 bits per heavy atom. The third-order valence-electron chi connectivity index (χ3n) is 3.52. The van der Waals surface area contributed by atoms with Crippen LogP contribution >= 0.6 is 28.1 Å². The molecule has 0 unspecified atom stereocenters. The van der Waals surface area contributed by atoms with Gasteiger partial charge in [0.05, 0.1) is 7.11 Å². The zero-order chi connectivity index (χ0) is 16.8. The van der Waals surface area contributed by atoms with Crippen molar-refractivity contribution in [3.63, 3.8) is 0 Å². The van der Waals surface area contributed by atoms with Crippen LogP contribution in [-0.4, -0.2) is 12.3 Å². The lowest BCUT2D eigenvalue weighted by atomic mass is 10.1. The summed E-state index contributed by atoms with van der Waals surface area (Å²) in [6.07, 6.45) is 1.02. The predicted octanol–water partition coefficient (Wildman–Crippen LogP) is 5.24. The number of anilines is 1. The van der Waals surface area contributed by atoms with Crippen LogP contribution in [0, 0.1) is 6.92 Å². The topological polar surface area (TPSA) is 30.5 Å². The zero-order valence-electron chi connectivity index (χ0n) is 13.5. The van der Waals surface area contributed by atoms with Gasteiger partial charge < -0.3 is 14.8 Å². The maximum atomic E-state index is 5.98. The molecule has 0 spiro atoms. The van der Waals surface area contributed by atoms with Gasteiger partial charge in [-0.05, 0) is 54.9 Å². The smallest absolute Gasteiger partial charge is 0.260 e. The van der Waals surface area contributed by atoms with Crippen molar-refractivity contribution in [3.05, 3.63) is 57.6 Å². The normalized spacial score (nSPS) is 10.3. The summed E-state index contributed by atoms with van der Waals surface area (Å²) in [5.41, 5.74) is 4.33. The second-order valence-corrected chi connectivity index (χ2v) is 6.45. The summed E-state index contributed by atoms with van der Waals surface area (Å²) in [6.45, 7) is 4.66. The first-order valence-electron chi connectivity index (χ1n) is 7.39. The summed E-state index contributed by atoms with van der Waals surface area (Å²) in [7, 11) is 1.54. The van der Waals surface area contributed by atoms with Crippen molar-refractivity contribution in [3.8, 4) is 5.75 Å². The van der Waals surface area contributed by atoms with E-state index >= 15 is 0 Å². The second kappa shape index (κ2) is 8.31. The summed E-state index contributed by atoms with van der Waals surface area (Å²) in [6, 6.07) is 12.2. The fourth-order valence-electron chi connectivity index (χ4n) is 2.20. The van der Waals surface area contributed by atoms with Gasteiger partial charge in [0.25, 0.3) is 5.17 Å². The largest absolute Gasteiger partial charge is 0.489 e. The minimum atomic E-state index is 0.327. The molecule has 5 heteroatoms. The number of methoxy groups -OCH3 is 1. The van der Waals surface area contributed by atoms with E-state index in [-0.39, 0.29) is 0 Å². The van der Waals surface area contributed by atoms with Gasteiger partial charge in [0.2, 0.25) is 0 Å². The highest BCUT2D eigenvalue weighted by Crippen LogP contribution is 2.25. The highest BCUT2D eigenvalue weighted by atomic mass is 79.9. The second-order valence-electron chi connectivity index (χ2n) is 5.16. The predicted molar refractivity (Wildman–Crippen MR) is 102 cm³/mol. The summed E-state index contributed by atoms with van der Waals surface area (Å²) in [5.74, 6) is 0.894. The number of hydrogen-bond donors (Lipinski definition) is 1. The van der Waals surface area contributed by atoms with Gasteiger partial charge in [0.1, 0.15) is 12.4 Å². The van der Waals surface area contributed by atoms with Crippen LogP contribution in [-0.2, 0) is 17.8 Å². The van der Waals surface area contributed by atoms with Gasteiger partial charge in [-0.1, -0.05) is 41.1 Å². The summed E-state index contributed by atoms with van der Waals surface area (Å²) < 4.78 is 12.0.